The van der Waals surface area contributed by atoms with Crippen LogP contribution in [0.25, 0.3) is 0 Å². The fourth-order valence-electron chi connectivity index (χ4n) is 1.26. The Bertz CT molecular complexity index is 362. The zero-order valence-electron chi connectivity index (χ0n) is 9.75. The topological polar surface area (TPSA) is 78.4 Å². The normalized spacial score (nSPS) is 10.1. The molecule has 0 spiro atoms. The first-order valence-electron chi connectivity index (χ1n) is 5.31. The molecular formula is C11H14N2O4. The van der Waals surface area contributed by atoms with Crippen molar-refractivity contribution in [1.29, 1.82) is 0 Å². The van der Waals surface area contributed by atoms with Gasteiger partial charge in [0.05, 0.1) is 18.9 Å². The van der Waals surface area contributed by atoms with Crippen molar-refractivity contribution in [3.8, 4) is 0 Å². The van der Waals surface area contributed by atoms with Crippen LogP contribution in [0, 0.1) is 0 Å². The summed E-state index contributed by atoms with van der Waals surface area (Å²) in [5, 5.41) is 7.36. The van der Waals surface area contributed by atoms with Crippen molar-refractivity contribution in [2.75, 3.05) is 13.2 Å². The molecule has 0 atom stereocenters. The molecule has 0 N–H and O–H groups in total. The quantitative estimate of drug-likeness (QED) is 0.554. The summed E-state index contributed by atoms with van der Waals surface area (Å²) in [5.74, 6) is -2.51. The molecule has 6 nitrogen and oxygen atoms in total. The molecule has 0 saturated carbocycles. The van der Waals surface area contributed by atoms with Gasteiger partial charge in [-0.05, 0) is 26.0 Å². The highest BCUT2D eigenvalue weighted by molar-refractivity contribution is 6.00. The summed E-state index contributed by atoms with van der Waals surface area (Å²) in [7, 11) is 0. The maximum absolute atomic E-state index is 11.7. The molecule has 1 rings (SSSR count). The first kappa shape index (κ1) is 13.1. The zero-order chi connectivity index (χ0) is 12.7. The molecule has 0 aromatic carbocycles. The second-order valence-corrected chi connectivity index (χ2v) is 3.09. The molecule has 92 valence electrons. The molecule has 0 aliphatic rings. The van der Waals surface area contributed by atoms with Crippen molar-refractivity contribution < 1.29 is 19.1 Å². The summed E-state index contributed by atoms with van der Waals surface area (Å²) in [4.78, 5) is 23.3. The fourth-order valence-corrected chi connectivity index (χ4v) is 1.26. The van der Waals surface area contributed by atoms with E-state index in [1.54, 1.807) is 19.9 Å². The first-order valence-corrected chi connectivity index (χ1v) is 5.31. The number of nitrogens with zero attached hydrogens (tertiary/aromatic N) is 2. The maximum Gasteiger partial charge on any atom is 0.326 e. The van der Waals surface area contributed by atoms with E-state index in [9.17, 15) is 9.59 Å². The van der Waals surface area contributed by atoms with Crippen LogP contribution in [0.1, 0.15) is 25.5 Å². The van der Waals surface area contributed by atoms with Gasteiger partial charge >= 0.3 is 11.9 Å². The van der Waals surface area contributed by atoms with Gasteiger partial charge < -0.3 is 9.47 Å². The highest BCUT2D eigenvalue weighted by Gasteiger charge is 2.32. The summed E-state index contributed by atoms with van der Waals surface area (Å²) in [6.45, 7) is 3.71. The summed E-state index contributed by atoms with van der Waals surface area (Å²) < 4.78 is 9.64. The van der Waals surface area contributed by atoms with Gasteiger partial charge in [0.1, 0.15) is 0 Å². The maximum atomic E-state index is 11.7. The largest absolute Gasteiger partial charge is 0.465 e. The van der Waals surface area contributed by atoms with Gasteiger partial charge in [-0.25, -0.2) is 0 Å². The summed E-state index contributed by atoms with van der Waals surface area (Å²) in [6.07, 6.45) is 1.46. The highest BCUT2D eigenvalue weighted by atomic mass is 16.6. The number of rotatable bonds is 5. The van der Waals surface area contributed by atoms with E-state index in [1.807, 2.05) is 0 Å². The Hall–Kier alpha value is -1.98. The van der Waals surface area contributed by atoms with Crippen LogP contribution in [0.4, 0.5) is 0 Å². The van der Waals surface area contributed by atoms with Gasteiger partial charge in [-0.15, -0.1) is 0 Å². The van der Waals surface area contributed by atoms with Crippen LogP contribution in [0.5, 0.6) is 0 Å². The zero-order valence-corrected chi connectivity index (χ0v) is 9.75. The number of carbonyl (C=O) groups excluding carboxylic acids is 2. The minimum Gasteiger partial charge on any atom is -0.465 e. The van der Waals surface area contributed by atoms with Crippen molar-refractivity contribution in [3.05, 3.63) is 24.0 Å². The van der Waals surface area contributed by atoms with Gasteiger partial charge in [0.15, 0.2) is 5.92 Å². The molecule has 0 bridgehead atoms. The van der Waals surface area contributed by atoms with E-state index in [1.165, 1.54) is 12.3 Å². The van der Waals surface area contributed by atoms with Gasteiger partial charge in [-0.3, -0.25) is 9.59 Å². The highest BCUT2D eigenvalue weighted by Crippen LogP contribution is 2.16. The van der Waals surface area contributed by atoms with E-state index in [-0.39, 0.29) is 18.9 Å². The third kappa shape index (κ3) is 3.51. The van der Waals surface area contributed by atoms with Crippen molar-refractivity contribution in [2.24, 2.45) is 0 Å². The summed E-state index contributed by atoms with van der Waals surface area (Å²) in [6, 6.07) is 3.12. The molecule has 0 aliphatic heterocycles. The SMILES string of the molecule is CCOC(=O)C(C(=O)OCC)c1cccnn1. The Balaban J connectivity index is 2.94. The number of ether oxygens (including phenoxy) is 2. The molecule has 0 aliphatic carbocycles. The van der Waals surface area contributed by atoms with E-state index < -0.39 is 17.9 Å². The molecule has 0 unspecified atom stereocenters. The standard InChI is InChI=1S/C11H14N2O4/c1-3-16-10(14)9(11(15)17-4-2)8-6-5-7-12-13-8/h5-7,9H,3-4H2,1-2H3. The molecule has 17 heavy (non-hydrogen) atoms. The monoisotopic (exact) mass is 238 g/mol. The molecule has 1 heterocycles. The number of carbonyl (C=O) groups is 2. The smallest absolute Gasteiger partial charge is 0.326 e. The van der Waals surface area contributed by atoms with E-state index in [0.717, 1.165) is 0 Å². The predicted octanol–water partition coefficient (Wildman–Crippen LogP) is 0.686. The minimum absolute atomic E-state index is 0.189. The van der Waals surface area contributed by atoms with Crippen LogP contribution in [0.15, 0.2) is 18.3 Å². The van der Waals surface area contributed by atoms with Crippen LogP contribution in [0.3, 0.4) is 0 Å². The van der Waals surface area contributed by atoms with Crippen LogP contribution in [-0.2, 0) is 19.1 Å². The average Bonchev–Trinajstić information content (AvgIpc) is 2.31. The van der Waals surface area contributed by atoms with Gasteiger partial charge in [-0.2, -0.15) is 10.2 Å². The average molecular weight is 238 g/mol. The number of hydrogen-bond acceptors (Lipinski definition) is 6. The number of esters is 2. The van der Waals surface area contributed by atoms with Gasteiger partial charge in [-0.1, -0.05) is 0 Å². The Labute approximate surface area is 98.9 Å². The van der Waals surface area contributed by atoms with Gasteiger partial charge in [0, 0.05) is 6.20 Å². The van der Waals surface area contributed by atoms with Crippen molar-refractivity contribution in [3.63, 3.8) is 0 Å². The van der Waals surface area contributed by atoms with E-state index >= 15 is 0 Å². The predicted molar refractivity (Wildman–Crippen MR) is 58.0 cm³/mol. The lowest BCUT2D eigenvalue weighted by Gasteiger charge is -2.12. The van der Waals surface area contributed by atoms with Crippen LogP contribution in [0.2, 0.25) is 0 Å². The molecule has 1 aromatic rings. The van der Waals surface area contributed by atoms with Gasteiger partial charge in [0.25, 0.3) is 0 Å². The molecule has 6 heteroatoms. The Morgan fingerprint density at radius 2 is 1.82 bits per heavy atom. The van der Waals surface area contributed by atoms with Crippen molar-refractivity contribution >= 4 is 11.9 Å². The molecule has 0 saturated heterocycles. The first-order chi connectivity index (χ1) is 8.20. The van der Waals surface area contributed by atoms with Crippen molar-refractivity contribution in [1.82, 2.24) is 10.2 Å². The second kappa shape index (κ2) is 6.57. The van der Waals surface area contributed by atoms with Crippen LogP contribution in [-0.4, -0.2) is 35.3 Å². The number of aromatic nitrogens is 2. The molecule has 0 amide bonds. The molecule has 1 aromatic heterocycles. The van der Waals surface area contributed by atoms with E-state index in [2.05, 4.69) is 10.2 Å². The Morgan fingerprint density at radius 3 is 2.24 bits per heavy atom. The third-order valence-corrected chi connectivity index (χ3v) is 1.93. The molecule has 0 radical (unpaired) electrons. The Morgan fingerprint density at radius 1 is 1.24 bits per heavy atom. The van der Waals surface area contributed by atoms with Crippen LogP contribution >= 0.6 is 0 Å². The second-order valence-electron chi connectivity index (χ2n) is 3.09. The van der Waals surface area contributed by atoms with Gasteiger partial charge in [0.2, 0.25) is 0 Å². The lowest BCUT2D eigenvalue weighted by atomic mass is 10.1. The summed E-state index contributed by atoms with van der Waals surface area (Å²) >= 11 is 0. The van der Waals surface area contributed by atoms with E-state index in [0.29, 0.717) is 0 Å². The minimum atomic E-state index is -1.16. The van der Waals surface area contributed by atoms with Crippen molar-refractivity contribution in [2.45, 2.75) is 19.8 Å². The molecular weight excluding hydrogens is 224 g/mol. The summed E-state index contributed by atoms with van der Waals surface area (Å²) in [5.41, 5.74) is 0.226. The van der Waals surface area contributed by atoms with E-state index in [4.69, 9.17) is 9.47 Å². The van der Waals surface area contributed by atoms with Crippen LogP contribution < -0.4 is 0 Å². The number of hydrogen-bond donors (Lipinski definition) is 0. The lowest BCUT2D eigenvalue weighted by Crippen LogP contribution is -2.27. The third-order valence-electron chi connectivity index (χ3n) is 1.93. The lowest BCUT2D eigenvalue weighted by molar-refractivity contribution is -0.157. The fraction of sp³-hybridized carbons (Fsp3) is 0.455. The Kier molecular flexibility index (Phi) is 5.06. The molecule has 0 fully saturated rings.